The van der Waals surface area contributed by atoms with E-state index >= 15 is 0 Å². The van der Waals surface area contributed by atoms with Crippen LogP contribution >= 0.6 is 0 Å². The van der Waals surface area contributed by atoms with Crippen LogP contribution in [0.15, 0.2) is 24.3 Å². The SMILES string of the molecule is CC1(CN2C(=O)c3ccccc3C2=O)CCNCC1. The lowest BCUT2D eigenvalue weighted by atomic mass is 9.80. The predicted molar refractivity (Wildman–Crippen MR) is 72.0 cm³/mol. The molecule has 3 rings (SSSR count). The average Bonchev–Trinajstić information content (AvgIpc) is 2.65. The summed E-state index contributed by atoms with van der Waals surface area (Å²) < 4.78 is 0. The second kappa shape index (κ2) is 4.46. The van der Waals surface area contributed by atoms with Gasteiger partial charge < -0.3 is 5.32 Å². The first-order valence-electron chi connectivity index (χ1n) is 6.77. The molecule has 0 bridgehead atoms. The van der Waals surface area contributed by atoms with Crippen molar-refractivity contribution in [3.05, 3.63) is 35.4 Å². The van der Waals surface area contributed by atoms with Gasteiger partial charge >= 0.3 is 0 Å². The lowest BCUT2D eigenvalue weighted by Crippen LogP contribution is -2.45. The Morgan fingerprint density at radius 3 is 2.16 bits per heavy atom. The molecule has 2 amide bonds. The third-order valence-corrected chi connectivity index (χ3v) is 4.23. The summed E-state index contributed by atoms with van der Waals surface area (Å²) >= 11 is 0. The van der Waals surface area contributed by atoms with E-state index in [1.165, 1.54) is 4.90 Å². The summed E-state index contributed by atoms with van der Waals surface area (Å²) in [5.74, 6) is -0.277. The van der Waals surface area contributed by atoms with E-state index in [-0.39, 0.29) is 17.2 Å². The molecule has 0 saturated carbocycles. The number of piperidine rings is 1. The quantitative estimate of drug-likeness (QED) is 0.821. The number of amides is 2. The maximum Gasteiger partial charge on any atom is 0.261 e. The van der Waals surface area contributed by atoms with Gasteiger partial charge in [-0.3, -0.25) is 14.5 Å². The molecule has 4 heteroatoms. The third kappa shape index (κ3) is 2.06. The van der Waals surface area contributed by atoms with E-state index in [2.05, 4.69) is 12.2 Å². The van der Waals surface area contributed by atoms with Crippen molar-refractivity contribution in [1.29, 1.82) is 0 Å². The number of carbonyl (C=O) groups is 2. The summed E-state index contributed by atoms with van der Waals surface area (Å²) in [7, 11) is 0. The Balaban J connectivity index is 1.84. The molecule has 4 nitrogen and oxygen atoms in total. The first kappa shape index (κ1) is 12.4. The monoisotopic (exact) mass is 258 g/mol. The van der Waals surface area contributed by atoms with Crippen molar-refractivity contribution in [1.82, 2.24) is 10.2 Å². The van der Waals surface area contributed by atoms with Crippen LogP contribution < -0.4 is 5.32 Å². The number of nitrogens with one attached hydrogen (secondary N) is 1. The molecule has 0 aliphatic carbocycles. The maximum absolute atomic E-state index is 12.3. The molecule has 0 unspecified atom stereocenters. The number of hydrogen-bond donors (Lipinski definition) is 1. The highest BCUT2D eigenvalue weighted by molar-refractivity contribution is 6.21. The van der Waals surface area contributed by atoms with Gasteiger partial charge in [-0.25, -0.2) is 0 Å². The van der Waals surface area contributed by atoms with Crippen LogP contribution in [0.2, 0.25) is 0 Å². The second-order valence-corrected chi connectivity index (χ2v) is 5.80. The molecular weight excluding hydrogens is 240 g/mol. The van der Waals surface area contributed by atoms with Crippen molar-refractivity contribution < 1.29 is 9.59 Å². The fraction of sp³-hybridized carbons (Fsp3) is 0.467. The van der Waals surface area contributed by atoms with Gasteiger partial charge in [0.1, 0.15) is 0 Å². The number of fused-ring (bicyclic) bond motifs is 1. The smallest absolute Gasteiger partial charge is 0.261 e. The van der Waals surface area contributed by atoms with E-state index in [1.54, 1.807) is 24.3 Å². The Labute approximate surface area is 112 Å². The second-order valence-electron chi connectivity index (χ2n) is 5.80. The van der Waals surface area contributed by atoms with Crippen molar-refractivity contribution in [2.24, 2.45) is 5.41 Å². The lowest BCUT2D eigenvalue weighted by Gasteiger charge is -2.36. The van der Waals surface area contributed by atoms with Crippen LogP contribution in [-0.4, -0.2) is 36.3 Å². The van der Waals surface area contributed by atoms with Crippen LogP contribution in [0.4, 0.5) is 0 Å². The first-order valence-corrected chi connectivity index (χ1v) is 6.77. The van der Waals surface area contributed by atoms with E-state index < -0.39 is 0 Å². The molecular formula is C15H18N2O2. The molecule has 2 aliphatic rings. The Morgan fingerprint density at radius 2 is 1.63 bits per heavy atom. The topological polar surface area (TPSA) is 49.4 Å². The van der Waals surface area contributed by atoms with Gasteiger partial charge in [-0.15, -0.1) is 0 Å². The van der Waals surface area contributed by atoms with E-state index in [4.69, 9.17) is 0 Å². The van der Waals surface area contributed by atoms with Gasteiger partial charge in [0.25, 0.3) is 11.8 Å². The maximum atomic E-state index is 12.3. The van der Waals surface area contributed by atoms with Crippen LogP contribution in [0.5, 0.6) is 0 Å². The van der Waals surface area contributed by atoms with Crippen LogP contribution in [0.25, 0.3) is 0 Å². The van der Waals surface area contributed by atoms with E-state index in [0.29, 0.717) is 17.7 Å². The predicted octanol–water partition coefficient (Wildman–Crippen LogP) is 1.67. The Bertz CT molecular complexity index is 498. The molecule has 1 aromatic rings. The van der Waals surface area contributed by atoms with Crippen LogP contribution in [0.1, 0.15) is 40.5 Å². The fourth-order valence-electron chi connectivity index (χ4n) is 2.95. The van der Waals surface area contributed by atoms with Crippen LogP contribution in [0, 0.1) is 5.41 Å². The van der Waals surface area contributed by atoms with Gasteiger partial charge in [0.15, 0.2) is 0 Å². The molecule has 1 N–H and O–H groups in total. The standard InChI is InChI=1S/C15H18N2O2/c1-15(6-8-16-9-7-15)10-17-13(18)11-4-2-3-5-12(11)14(17)19/h2-5,16H,6-10H2,1H3. The number of nitrogens with zero attached hydrogens (tertiary/aromatic N) is 1. The number of benzene rings is 1. The molecule has 0 aromatic heterocycles. The molecule has 19 heavy (non-hydrogen) atoms. The van der Waals surface area contributed by atoms with Crippen LogP contribution in [0.3, 0.4) is 0 Å². The van der Waals surface area contributed by atoms with Gasteiger partial charge in [0, 0.05) is 6.54 Å². The fourth-order valence-corrected chi connectivity index (χ4v) is 2.95. The lowest BCUT2D eigenvalue weighted by molar-refractivity contribution is 0.0548. The summed E-state index contributed by atoms with van der Waals surface area (Å²) in [6.45, 7) is 4.61. The highest BCUT2D eigenvalue weighted by atomic mass is 16.2. The van der Waals surface area contributed by atoms with Crippen molar-refractivity contribution in [3.63, 3.8) is 0 Å². The Morgan fingerprint density at radius 1 is 1.11 bits per heavy atom. The summed E-state index contributed by atoms with van der Waals surface area (Å²) in [5, 5.41) is 3.32. The van der Waals surface area contributed by atoms with Crippen molar-refractivity contribution >= 4 is 11.8 Å². The zero-order valence-corrected chi connectivity index (χ0v) is 11.1. The van der Waals surface area contributed by atoms with Crippen LogP contribution in [-0.2, 0) is 0 Å². The molecule has 1 fully saturated rings. The molecule has 1 aromatic carbocycles. The molecule has 0 radical (unpaired) electrons. The number of carbonyl (C=O) groups excluding carboxylic acids is 2. The molecule has 2 heterocycles. The minimum absolute atomic E-state index is 0.0403. The average molecular weight is 258 g/mol. The highest BCUT2D eigenvalue weighted by Gasteiger charge is 2.39. The third-order valence-electron chi connectivity index (χ3n) is 4.23. The number of rotatable bonds is 2. The molecule has 2 aliphatic heterocycles. The number of hydrogen-bond acceptors (Lipinski definition) is 3. The minimum Gasteiger partial charge on any atom is -0.317 e. The van der Waals surface area contributed by atoms with Gasteiger partial charge in [0.2, 0.25) is 0 Å². The highest BCUT2D eigenvalue weighted by Crippen LogP contribution is 2.32. The van der Waals surface area contributed by atoms with E-state index in [9.17, 15) is 9.59 Å². The van der Waals surface area contributed by atoms with Gasteiger partial charge in [-0.05, 0) is 43.5 Å². The van der Waals surface area contributed by atoms with E-state index in [0.717, 1.165) is 25.9 Å². The summed E-state index contributed by atoms with van der Waals surface area (Å²) in [5.41, 5.74) is 1.13. The number of imide groups is 1. The first-order chi connectivity index (χ1) is 9.11. The Kier molecular flexibility index (Phi) is 2.90. The zero-order valence-electron chi connectivity index (χ0n) is 11.1. The summed E-state index contributed by atoms with van der Waals surface area (Å²) in [4.78, 5) is 26.1. The van der Waals surface area contributed by atoms with Gasteiger partial charge in [-0.2, -0.15) is 0 Å². The van der Waals surface area contributed by atoms with Crippen molar-refractivity contribution in [3.8, 4) is 0 Å². The van der Waals surface area contributed by atoms with Crippen molar-refractivity contribution in [2.75, 3.05) is 19.6 Å². The Hall–Kier alpha value is -1.68. The zero-order chi connectivity index (χ0) is 13.5. The molecule has 0 atom stereocenters. The largest absolute Gasteiger partial charge is 0.317 e. The normalized spacial score (nSPS) is 21.6. The van der Waals surface area contributed by atoms with Crippen molar-refractivity contribution in [2.45, 2.75) is 19.8 Å². The van der Waals surface area contributed by atoms with Gasteiger partial charge in [0.05, 0.1) is 11.1 Å². The van der Waals surface area contributed by atoms with Gasteiger partial charge in [-0.1, -0.05) is 19.1 Å². The summed E-state index contributed by atoms with van der Waals surface area (Å²) in [6, 6.07) is 7.08. The van der Waals surface area contributed by atoms with E-state index in [1.807, 2.05) is 0 Å². The summed E-state index contributed by atoms with van der Waals surface area (Å²) in [6.07, 6.45) is 2.00. The minimum atomic E-state index is -0.139. The molecule has 100 valence electrons. The molecule has 1 saturated heterocycles. The molecule has 0 spiro atoms.